The Hall–Kier alpha value is -2.33. The molecule has 1 unspecified atom stereocenters. The van der Waals surface area contributed by atoms with Crippen molar-refractivity contribution in [3.63, 3.8) is 0 Å². The molecule has 2 aromatic heterocycles. The second kappa shape index (κ2) is 6.29. The zero-order chi connectivity index (χ0) is 16.5. The van der Waals surface area contributed by atoms with Gasteiger partial charge >= 0.3 is 0 Å². The summed E-state index contributed by atoms with van der Waals surface area (Å²) in [5.74, 6) is 2.42. The highest BCUT2D eigenvalue weighted by atomic mass is 35.5. The third-order valence-corrected chi connectivity index (χ3v) is 4.56. The molecule has 5 heteroatoms. The molecule has 4 nitrogen and oxygen atoms in total. The van der Waals surface area contributed by atoms with Crippen LogP contribution in [-0.2, 0) is 0 Å². The molecule has 1 aromatic carbocycles. The van der Waals surface area contributed by atoms with Crippen LogP contribution in [0.4, 0.5) is 11.5 Å². The van der Waals surface area contributed by atoms with E-state index in [1.54, 1.807) is 18.5 Å². The minimum atomic E-state index is 0.280. The molecule has 1 saturated carbocycles. The largest absolute Gasteiger partial charge is 0.490 e. The molecule has 0 radical (unpaired) electrons. The second-order valence-electron chi connectivity index (χ2n) is 6.20. The molecule has 3 aromatic rings. The van der Waals surface area contributed by atoms with E-state index in [2.05, 4.69) is 28.3 Å². The highest BCUT2D eigenvalue weighted by Crippen LogP contribution is 2.35. The Kier molecular flexibility index (Phi) is 3.98. The monoisotopic (exact) mass is 339 g/mol. The predicted molar refractivity (Wildman–Crippen MR) is 97.1 cm³/mol. The van der Waals surface area contributed by atoms with Gasteiger partial charge in [-0.3, -0.25) is 0 Å². The Balaban J connectivity index is 1.60. The first-order valence-corrected chi connectivity index (χ1v) is 8.51. The van der Waals surface area contributed by atoms with Gasteiger partial charge in [-0.2, -0.15) is 0 Å². The molecule has 24 heavy (non-hydrogen) atoms. The number of rotatable bonds is 5. The zero-order valence-electron chi connectivity index (χ0n) is 13.4. The SMILES string of the molecule is CC(Oc1ccc2c(Nc3ccc(Cl)nc3)nccc2c1)C1CC1. The van der Waals surface area contributed by atoms with Crippen molar-refractivity contribution in [3.05, 3.63) is 53.9 Å². The number of hydrogen-bond acceptors (Lipinski definition) is 4. The molecule has 1 aliphatic carbocycles. The lowest BCUT2D eigenvalue weighted by Gasteiger charge is -2.15. The number of ether oxygens (including phenoxy) is 1. The Labute approximate surface area is 145 Å². The third kappa shape index (κ3) is 3.29. The summed E-state index contributed by atoms with van der Waals surface area (Å²) in [4.78, 5) is 8.52. The summed E-state index contributed by atoms with van der Waals surface area (Å²) in [6.07, 6.45) is 6.32. The van der Waals surface area contributed by atoms with Crippen molar-refractivity contribution in [3.8, 4) is 5.75 Å². The van der Waals surface area contributed by atoms with Crippen LogP contribution in [0.5, 0.6) is 5.75 Å². The molecule has 0 aliphatic heterocycles. The van der Waals surface area contributed by atoms with Crippen LogP contribution in [-0.4, -0.2) is 16.1 Å². The normalized spacial score (nSPS) is 15.2. The fourth-order valence-corrected chi connectivity index (χ4v) is 2.90. The van der Waals surface area contributed by atoms with Gasteiger partial charge in [0.2, 0.25) is 0 Å². The van der Waals surface area contributed by atoms with Crippen LogP contribution in [0.1, 0.15) is 19.8 Å². The molecule has 0 saturated heterocycles. The highest BCUT2D eigenvalue weighted by Gasteiger charge is 2.29. The number of hydrogen-bond donors (Lipinski definition) is 1. The van der Waals surface area contributed by atoms with E-state index >= 15 is 0 Å². The average molecular weight is 340 g/mol. The number of nitrogens with one attached hydrogen (secondary N) is 1. The van der Waals surface area contributed by atoms with Gasteiger partial charge in [0, 0.05) is 11.6 Å². The van der Waals surface area contributed by atoms with Gasteiger partial charge in [-0.15, -0.1) is 0 Å². The van der Waals surface area contributed by atoms with Crippen molar-refractivity contribution in [1.82, 2.24) is 9.97 Å². The Morgan fingerprint density at radius 2 is 2.04 bits per heavy atom. The first-order valence-electron chi connectivity index (χ1n) is 8.13. The van der Waals surface area contributed by atoms with Gasteiger partial charge in [-0.1, -0.05) is 11.6 Å². The van der Waals surface area contributed by atoms with E-state index in [0.717, 1.165) is 28.0 Å². The van der Waals surface area contributed by atoms with Gasteiger partial charge in [0.1, 0.15) is 16.7 Å². The fourth-order valence-electron chi connectivity index (χ4n) is 2.79. The molecule has 1 fully saturated rings. The van der Waals surface area contributed by atoms with Crippen LogP contribution < -0.4 is 10.1 Å². The van der Waals surface area contributed by atoms with Gasteiger partial charge in [0.25, 0.3) is 0 Å². The maximum Gasteiger partial charge on any atom is 0.138 e. The number of benzene rings is 1. The van der Waals surface area contributed by atoms with Crippen molar-refractivity contribution in [2.75, 3.05) is 5.32 Å². The summed E-state index contributed by atoms with van der Waals surface area (Å²) in [5, 5.41) is 5.89. The minimum absolute atomic E-state index is 0.280. The van der Waals surface area contributed by atoms with Gasteiger partial charge in [0.05, 0.1) is 18.0 Å². The average Bonchev–Trinajstić information content (AvgIpc) is 3.42. The summed E-state index contributed by atoms with van der Waals surface area (Å²) >= 11 is 5.83. The van der Waals surface area contributed by atoms with E-state index in [1.807, 2.05) is 24.3 Å². The van der Waals surface area contributed by atoms with Crippen LogP contribution >= 0.6 is 11.6 Å². The lowest BCUT2D eigenvalue weighted by molar-refractivity contribution is 0.198. The molecule has 122 valence electrons. The Morgan fingerprint density at radius 3 is 2.79 bits per heavy atom. The van der Waals surface area contributed by atoms with Crippen molar-refractivity contribution in [1.29, 1.82) is 0 Å². The van der Waals surface area contributed by atoms with E-state index in [1.165, 1.54) is 12.8 Å². The quantitative estimate of drug-likeness (QED) is 0.649. The molecule has 2 heterocycles. The van der Waals surface area contributed by atoms with Crippen LogP contribution in [0.2, 0.25) is 5.15 Å². The van der Waals surface area contributed by atoms with Crippen LogP contribution in [0, 0.1) is 5.92 Å². The molecule has 0 amide bonds. The van der Waals surface area contributed by atoms with E-state index in [0.29, 0.717) is 11.1 Å². The van der Waals surface area contributed by atoms with Crippen LogP contribution in [0.25, 0.3) is 10.8 Å². The lowest BCUT2D eigenvalue weighted by atomic mass is 10.1. The Bertz CT molecular complexity index is 862. The number of nitrogens with zero attached hydrogens (tertiary/aromatic N) is 2. The molecule has 0 spiro atoms. The molecule has 1 N–H and O–H groups in total. The summed E-state index contributed by atoms with van der Waals surface area (Å²) in [5.41, 5.74) is 0.849. The summed E-state index contributed by atoms with van der Waals surface area (Å²) in [6, 6.07) is 11.7. The fraction of sp³-hybridized carbons (Fsp3) is 0.263. The van der Waals surface area contributed by atoms with E-state index in [4.69, 9.17) is 16.3 Å². The number of fused-ring (bicyclic) bond motifs is 1. The van der Waals surface area contributed by atoms with Crippen molar-refractivity contribution < 1.29 is 4.74 Å². The maximum atomic E-state index is 6.05. The molecule has 0 bridgehead atoms. The summed E-state index contributed by atoms with van der Waals surface area (Å²) in [7, 11) is 0. The molecular formula is C19H18ClN3O. The lowest BCUT2D eigenvalue weighted by Crippen LogP contribution is -2.13. The van der Waals surface area contributed by atoms with Crippen LogP contribution in [0.15, 0.2) is 48.8 Å². The summed E-state index contributed by atoms with van der Waals surface area (Å²) < 4.78 is 6.05. The third-order valence-electron chi connectivity index (χ3n) is 4.33. The van der Waals surface area contributed by atoms with Crippen molar-refractivity contribution >= 4 is 33.9 Å². The predicted octanol–water partition coefficient (Wildman–Crippen LogP) is 5.20. The van der Waals surface area contributed by atoms with Crippen molar-refractivity contribution in [2.24, 2.45) is 5.92 Å². The van der Waals surface area contributed by atoms with Gasteiger partial charge in [0.15, 0.2) is 0 Å². The second-order valence-corrected chi connectivity index (χ2v) is 6.58. The molecule has 1 atom stereocenters. The first kappa shape index (κ1) is 15.2. The number of halogens is 1. The van der Waals surface area contributed by atoms with Gasteiger partial charge in [-0.05, 0) is 67.5 Å². The first-order chi connectivity index (χ1) is 11.7. The zero-order valence-corrected chi connectivity index (χ0v) is 14.1. The molecule has 1 aliphatic rings. The summed E-state index contributed by atoms with van der Waals surface area (Å²) in [6.45, 7) is 2.15. The van der Waals surface area contributed by atoms with E-state index in [-0.39, 0.29) is 6.10 Å². The Morgan fingerprint density at radius 1 is 1.17 bits per heavy atom. The highest BCUT2D eigenvalue weighted by molar-refractivity contribution is 6.29. The van der Waals surface area contributed by atoms with Crippen LogP contribution in [0.3, 0.4) is 0 Å². The van der Waals surface area contributed by atoms with Crippen molar-refractivity contribution in [2.45, 2.75) is 25.9 Å². The van der Waals surface area contributed by atoms with E-state index in [9.17, 15) is 0 Å². The smallest absolute Gasteiger partial charge is 0.138 e. The number of anilines is 2. The molecule has 4 rings (SSSR count). The number of aromatic nitrogens is 2. The standard InChI is InChI=1S/C19H18ClN3O/c1-12(13-2-3-13)24-16-5-6-17-14(10-16)8-9-21-19(17)23-15-4-7-18(20)22-11-15/h4-13H,2-3H2,1H3,(H,21,23). The molecular weight excluding hydrogens is 322 g/mol. The van der Waals surface area contributed by atoms with Gasteiger partial charge < -0.3 is 10.1 Å². The van der Waals surface area contributed by atoms with Gasteiger partial charge in [-0.25, -0.2) is 9.97 Å². The minimum Gasteiger partial charge on any atom is -0.490 e. The number of pyridine rings is 2. The topological polar surface area (TPSA) is 47.0 Å². The van der Waals surface area contributed by atoms with E-state index < -0.39 is 0 Å². The maximum absolute atomic E-state index is 6.05.